The van der Waals surface area contributed by atoms with Gasteiger partial charge in [-0.25, -0.2) is 0 Å². The number of aldehydes is 1. The Labute approximate surface area is 100 Å². The van der Waals surface area contributed by atoms with Gasteiger partial charge >= 0.3 is 6.18 Å². The molecule has 0 saturated heterocycles. The molecule has 0 aromatic carbocycles. The van der Waals surface area contributed by atoms with E-state index in [4.69, 9.17) is 4.74 Å². The molecule has 0 aliphatic carbocycles. The zero-order valence-electron chi connectivity index (χ0n) is 10.5. The van der Waals surface area contributed by atoms with Crippen LogP contribution in [0.2, 0.25) is 0 Å². The van der Waals surface area contributed by atoms with Crippen LogP contribution in [-0.2, 0) is 9.53 Å². The van der Waals surface area contributed by atoms with Crippen LogP contribution in [0, 0.1) is 5.92 Å². The summed E-state index contributed by atoms with van der Waals surface area (Å²) < 4.78 is 41.1. The lowest BCUT2D eigenvalue weighted by molar-refractivity contribution is -0.156. The Bertz CT molecular complexity index is 255. The Morgan fingerprint density at radius 1 is 1.35 bits per heavy atom. The van der Waals surface area contributed by atoms with E-state index in [0.29, 0.717) is 6.29 Å². The monoisotopic (exact) mass is 252 g/mol. The molecule has 0 saturated carbocycles. The maximum absolute atomic E-state index is 12.1. The summed E-state index contributed by atoms with van der Waals surface area (Å²) in [5.41, 5.74) is 0. The van der Waals surface area contributed by atoms with Gasteiger partial charge in [-0.1, -0.05) is 26.8 Å². The SMILES string of the molecule is C/C=C(\C=C/C(C)C(F)(F)F)OCC=O.CC. The summed E-state index contributed by atoms with van der Waals surface area (Å²) in [5.74, 6) is -1.29. The Balaban J connectivity index is 0. The highest BCUT2D eigenvalue weighted by molar-refractivity contribution is 5.50. The van der Waals surface area contributed by atoms with Gasteiger partial charge in [0.05, 0.1) is 5.92 Å². The largest absolute Gasteiger partial charge is 0.487 e. The van der Waals surface area contributed by atoms with E-state index in [0.717, 1.165) is 13.0 Å². The van der Waals surface area contributed by atoms with Gasteiger partial charge in [-0.2, -0.15) is 13.2 Å². The maximum atomic E-state index is 12.1. The van der Waals surface area contributed by atoms with Gasteiger partial charge in [0.2, 0.25) is 0 Å². The lowest BCUT2D eigenvalue weighted by atomic mass is 10.1. The third-order valence-electron chi connectivity index (χ3n) is 1.67. The second kappa shape index (κ2) is 9.93. The molecule has 2 nitrogen and oxygen atoms in total. The first-order valence-electron chi connectivity index (χ1n) is 5.39. The Hall–Kier alpha value is -1.26. The van der Waals surface area contributed by atoms with Crippen LogP contribution in [-0.4, -0.2) is 19.1 Å². The van der Waals surface area contributed by atoms with Crippen molar-refractivity contribution in [3.63, 3.8) is 0 Å². The van der Waals surface area contributed by atoms with Crippen LogP contribution in [0.3, 0.4) is 0 Å². The first-order chi connectivity index (χ1) is 7.91. The highest BCUT2D eigenvalue weighted by atomic mass is 19.4. The predicted octanol–water partition coefficient (Wildman–Crippen LogP) is 3.89. The van der Waals surface area contributed by atoms with Gasteiger partial charge in [0, 0.05) is 0 Å². The molecule has 1 unspecified atom stereocenters. The average molecular weight is 252 g/mol. The molecular formula is C12H19F3O2. The summed E-state index contributed by atoms with van der Waals surface area (Å²) in [7, 11) is 0. The van der Waals surface area contributed by atoms with E-state index < -0.39 is 12.1 Å². The maximum Gasteiger partial charge on any atom is 0.394 e. The molecule has 0 aromatic rings. The number of ether oxygens (including phenoxy) is 1. The molecule has 0 amide bonds. The van der Waals surface area contributed by atoms with Crippen LogP contribution in [0.1, 0.15) is 27.7 Å². The summed E-state index contributed by atoms with van der Waals surface area (Å²) in [6.45, 7) is 6.50. The number of halogens is 3. The lowest BCUT2D eigenvalue weighted by Crippen LogP contribution is -2.17. The van der Waals surface area contributed by atoms with E-state index in [1.54, 1.807) is 6.92 Å². The molecule has 0 aromatic heterocycles. The average Bonchev–Trinajstić information content (AvgIpc) is 2.30. The highest BCUT2D eigenvalue weighted by Gasteiger charge is 2.33. The molecule has 0 aliphatic rings. The standard InChI is InChI=1S/C10H13F3O2.C2H6/c1-3-9(15-7-6-14)5-4-8(2)10(11,12)13;1-2/h3-6,8H,7H2,1-2H3;1-2H3/b5-4-,9-3+;. The van der Waals surface area contributed by atoms with Gasteiger partial charge in [0.25, 0.3) is 0 Å². The van der Waals surface area contributed by atoms with Crippen molar-refractivity contribution in [1.82, 2.24) is 0 Å². The van der Waals surface area contributed by atoms with Gasteiger partial charge in [0.1, 0.15) is 12.4 Å². The van der Waals surface area contributed by atoms with Gasteiger partial charge < -0.3 is 4.74 Å². The van der Waals surface area contributed by atoms with E-state index in [2.05, 4.69) is 0 Å². The number of rotatable bonds is 5. The van der Waals surface area contributed by atoms with Crippen LogP contribution in [0.15, 0.2) is 24.0 Å². The lowest BCUT2D eigenvalue weighted by Gasteiger charge is -2.11. The number of carbonyl (C=O) groups is 1. The zero-order chi connectivity index (χ0) is 13.9. The first kappa shape index (κ1) is 18.1. The van der Waals surface area contributed by atoms with Gasteiger partial charge in [0.15, 0.2) is 6.29 Å². The summed E-state index contributed by atoms with van der Waals surface area (Å²) in [4.78, 5) is 9.97. The van der Waals surface area contributed by atoms with Gasteiger partial charge in [-0.3, -0.25) is 4.79 Å². The minimum absolute atomic E-state index is 0.162. The molecule has 0 fully saturated rings. The molecule has 0 rings (SSSR count). The third kappa shape index (κ3) is 9.66. The molecule has 100 valence electrons. The second-order valence-corrected chi connectivity index (χ2v) is 2.86. The number of hydrogen-bond donors (Lipinski definition) is 0. The Kier molecular flexibility index (Phi) is 10.6. The van der Waals surface area contributed by atoms with E-state index >= 15 is 0 Å². The van der Waals surface area contributed by atoms with Crippen LogP contribution < -0.4 is 0 Å². The molecule has 17 heavy (non-hydrogen) atoms. The second-order valence-electron chi connectivity index (χ2n) is 2.86. The van der Waals surface area contributed by atoms with Crippen molar-refractivity contribution in [2.24, 2.45) is 5.92 Å². The molecule has 0 bridgehead atoms. The van der Waals surface area contributed by atoms with Gasteiger partial charge in [-0.05, 0) is 19.1 Å². The summed E-state index contributed by atoms with van der Waals surface area (Å²) in [6, 6.07) is 0. The topological polar surface area (TPSA) is 26.3 Å². The van der Waals surface area contributed by atoms with E-state index in [1.807, 2.05) is 13.8 Å². The number of allylic oxidation sites excluding steroid dienone is 3. The van der Waals surface area contributed by atoms with Crippen molar-refractivity contribution >= 4 is 6.29 Å². The number of carbonyl (C=O) groups excluding carboxylic acids is 1. The molecule has 0 radical (unpaired) electrons. The summed E-state index contributed by atoms with van der Waals surface area (Å²) in [6.07, 6.45) is -0.0323. The highest BCUT2D eigenvalue weighted by Crippen LogP contribution is 2.26. The fraction of sp³-hybridized carbons (Fsp3) is 0.583. The fourth-order valence-electron chi connectivity index (χ4n) is 0.706. The van der Waals surface area contributed by atoms with Gasteiger partial charge in [-0.15, -0.1) is 0 Å². The normalized spacial score (nSPS) is 13.9. The van der Waals surface area contributed by atoms with Crippen molar-refractivity contribution in [3.8, 4) is 0 Å². The molecule has 1 atom stereocenters. The quantitative estimate of drug-likeness (QED) is 0.421. The minimum Gasteiger partial charge on any atom is -0.487 e. The van der Waals surface area contributed by atoms with E-state index in [1.165, 1.54) is 12.2 Å². The Morgan fingerprint density at radius 3 is 2.24 bits per heavy atom. The van der Waals surface area contributed by atoms with Crippen molar-refractivity contribution in [2.45, 2.75) is 33.9 Å². The molecule has 0 aliphatic heterocycles. The van der Waals surface area contributed by atoms with Crippen molar-refractivity contribution in [3.05, 3.63) is 24.0 Å². The first-order valence-corrected chi connectivity index (χ1v) is 5.39. The van der Waals surface area contributed by atoms with E-state index in [-0.39, 0.29) is 12.4 Å². The van der Waals surface area contributed by atoms with Crippen LogP contribution in [0.25, 0.3) is 0 Å². The summed E-state index contributed by atoms with van der Waals surface area (Å²) in [5, 5.41) is 0. The molecule has 0 N–H and O–H groups in total. The molecule has 5 heteroatoms. The predicted molar refractivity (Wildman–Crippen MR) is 61.5 cm³/mol. The minimum atomic E-state index is -4.25. The van der Waals surface area contributed by atoms with E-state index in [9.17, 15) is 18.0 Å². The number of alkyl halides is 3. The van der Waals surface area contributed by atoms with Crippen molar-refractivity contribution in [2.75, 3.05) is 6.61 Å². The molecule has 0 heterocycles. The smallest absolute Gasteiger partial charge is 0.394 e. The molecular weight excluding hydrogens is 233 g/mol. The zero-order valence-corrected chi connectivity index (χ0v) is 10.5. The van der Waals surface area contributed by atoms with Crippen molar-refractivity contribution < 1.29 is 22.7 Å². The summed E-state index contributed by atoms with van der Waals surface area (Å²) >= 11 is 0. The fourth-order valence-corrected chi connectivity index (χ4v) is 0.706. The Morgan fingerprint density at radius 2 is 1.88 bits per heavy atom. The number of hydrogen-bond acceptors (Lipinski definition) is 2. The third-order valence-corrected chi connectivity index (χ3v) is 1.67. The van der Waals surface area contributed by atoms with Crippen molar-refractivity contribution in [1.29, 1.82) is 0 Å². The van der Waals surface area contributed by atoms with Crippen LogP contribution in [0.5, 0.6) is 0 Å². The van der Waals surface area contributed by atoms with Crippen LogP contribution >= 0.6 is 0 Å². The van der Waals surface area contributed by atoms with Crippen LogP contribution in [0.4, 0.5) is 13.2 Å². The molecule has 0 spiro atoms.